The average Bonchev–Trinajstić information content (AvgIpc) is 2.43. The molecule has 0 fully saturated rings. The summed E-state index contributed by atoms with van der Waals surface area (Å²) >= 11 is 0. The van der Waals surface area contributed by atoms with Crippen molar-refractivity contribution in [2.24, 2.45) is 0 Å². The Morgan fingerprint density at radius 3 is 2.71 bits per heavy atom. The van der Waals surface area contributed by atoms with Gasteiger partial charge in [-0.05, 0) is 23.1 Å². The summed E-state index contributed by atoms with van der Waals surface area (Å²) in [4.78, 5) is 13.5. The molecule has 74 valence electrons. The van der Waals surface area contributed by atoms with Crippen molar-refractivity contribution < 1.29 is 4.79 Å². The van der Waals surface area contributed by atoms with Gasteiger partial charge in [0.1, 0.15) is 0 Å². The van der Waals surface area contributed by atoms with Crippen molar-refractivity contribution in [3.8, 4) is 0 Å². The summed E-state index contributed by atoms with van der Waals surface area (Å²) in [5.74, 6) is 0.640. The van der Waals surface area contributed by atoms with Gasteiger partial charge in [-0.15, -0.1) is 0 Å². The van der Waals surface area contributed by atoms with Crippen LogP contribution in [-0.4, -0.2) is 17.9 Å². The Bertz CT molecular complexity index is 382. The van der Waals surface area contributed by atoms with Gasteiger partial charge in [0.25, 0.3) is 5.91 Å². The van der Waals surface area contributed by atoms with Crippen LogP contribution >= 0.6 is 0 Å². The zero-order chi connectivity index (χ0) is 10.3. The molecule has 1 aliphatic rings. The van der Waals surface area contributed by atoms with Crippen molar-refractivity contribution in [3.05, 3.63) is 34.9 Å². The third-order valence-electron chi connectivity index (χ3n) is 2.79. The highest BCUT2D eigenvalue weighted by Crippen LogP contribution is 2.25. The van der Waals surface area contributed by atoms with E-state index in [9.17, 15) is 4.79 Å². The molecule has 2 nitrogen and oxygen atoms in total. The summed E-state index contributed by atoms with van der Waals surface area (Å²) in [6.45, 7) is 5.04. The molecule has 0 spiro atoms. The molecule has 1 amide bonds. The number of nitrogens with zero attached hydrogens (tertiary/aromatic N) is 1. The monoisotopic (exact) mass is 189 g/mol. The Morgan fingerprint density at radius 1 is 1.36 bits per heavy atom. The molecule has 1 heterocycles. The lowest BCUT2D eigenvalue weighted by Gasteiger charge is -2.06. The van der Waals surface area contributed by atoms with Crippen LogP contribution in [0, 0.1) is 0 Å². The second-order valence-corrected chi connectivity index (χ2v) is 4.23. The first-order valence-corrected chi connectivity index (χ1v) is 4.98. The fraction of sp³-hybridized carbons (Fsp3) is 0.417. The molecule has 0 unspecified atom stereocenters. The summed E-state index contributed by atoms with van der Waals surface area (Å²) in [7, 11) is 1.84. The predicted molar refractivity (Wildman–Crippen MR) is 56.3 cm³/mol. The van der Waals surface area contributed by atoms with Crippen LogP contribution < -0.4 is 0 Å². The van der Waals surface area contributed by atoms with Crippen molar-refractivity contribution >= 4 is 5.91 Å². The zero-order valence-electron chi connectivity index (χ0n) is 8.87. The van der Waals surface area contributed by atoms with Gasteiger partial charge in [-0.1, -0.05) is 26.0 Å². The van der Waals surface area contributed by atoms with Crippen molar-refractivity contribution in [2.75, 3.05) is 7.05 Å². The molecule has 0 aromatic heterocycles. The highest BCUT2D eigenvalue weighted by molar-refractivity contribution is 5.98. The van der Waals surface area contributed by atoms with Gasteiger partial charge >= 0.3 is 0 Å². The van der Waals surface area contributed by atoms with E-state index in [4.69, 9.17) is 0 Å². The maximum atomic E-state index is 11.7. The lowest BCUT2D eigenvalue weighted by Crippen LogP contribution is -2.17. The largest absolute Gasteiger partial charge is 0.337 e. The molecule has 1 aliphatic heterocycles. The first kappa shape index (κ1) is 9.25. The number of hydrogen-bond donors (Lipinski definition) is 0. The van der Waals surface area contributed by atoms with Gasteiger partial charge in [-0.3, -0.25) is 4.79 Å². The first-order chi connectivity index (χ1) is 6.59. The topological polar surface area (TPSA) is 20.3 Å². The fourth-order valence-electron chi connectivity index (χ4n) is 1.82. The molecule has 1 aromatic carbocycles. The van der Waals surface area contributed by atoms with Gasteiger partial charge in [0.2, 0.25) is 0 Å². The van der Waals surface area contributed by atoms with E-state index < -0.39 is 0 Å². The van der Waals surface area contributed by atoms with E-state index >= 15 is 0 Å². The average molecular weight is 189 g/mol. The second kappa shape index (κ2) is 3.12. The summed E-state index contributed by atoms with van der Waals surface area (Å²) in [6, 6.07) is 6.23. The number of fused-ring (bicyclic) bond motifs is 1. The van der Waals surface area contributed by atoms with Crippen LogP contribution in [0.5, 0.6) is 0 Å². The molecular weight excluding hydrogens is 174 g/mol. The predicted octanol–water partition coefficient (Wildman–Crippen LogP) is 2.40. The summed E-state index contributed by atoms with van der Waals surface area (Å²) in [5.41, 5.74) is 3.29. The Morgan fingerprint density at radius 2 is 2.07 bits per heavy atom. The van der Waals surface area contributed by atoms with Crippen LogP contribution in [0.15, 0.2) is 18.2 Å². The van der Waals surface area contributed by atoms with E-state index in [1.807, 2.05) is 13.1 Å². The quantitative estimate of drug-likeness (QED) is 0.664. The third kappa shape index (κ3) is 1.31. The minimum absolute atomic E-state index is 0.155. The van der Waals surface area contributed by atoms with Crippen molar-refractivity contribution in [1.29, 1.82) is 0 Å². The molecule has 0 saturated carbocycles. The van der Waals surface area contributed by atoms with E-state index in [1.54, 1.807) is 4.90 Å². The van der Waals surface area contributed by atoms with E-state index in [-0.39, 0.29) is 5.91 Å². The van der Waals surface area contributed by atoms with Gasteiger partial charge in [-0.25, -0.2) is 0 Å². The van der Waals surface area contributed by atoms with E-state index in [0.717, 1.165) is 17.7 Å². The Balaban J connectivity index is 2.46. The van der Waals surface area contributed by atoms with E-state index in [0.29, 0.717) is 5.92 Å². The zero-order valence-corrected chi connectivity index (χ0v) is 8.87. The van der Waals surface area contributed by atoms with Gasteiger partial charge in [0.15, 0.2) is 0 Å². The maximum Gasteiger partial charge on any atom is 0.254 e. The maximum absolute atomic E-state index is 11.7. The first-order valence-electron chi connectivity index (χ1n) is 4.98. The number of amides is 1. The summed E-state index contributed by atoms with van der Waals surface area (Å²) in [6.07, 6.45) is 0. The summed E-state index contributed by atoms with van der Waals surface area (Å²) in [5, 5.41) is 0. The molecule has 0 radical (unpaired) electrons. The third-order valence-corrected chi connectivity index (χ3v) is 2.79. The Kier molecular flexibility index (Phi) is 2.06. The van der Waals surface area contributed by atoms with Gasteiger partial charge in [0.05, 0.1) is 0 Å². The van der Waals surface area contributed by atoms with Crippen LogP contribution in [-0.2, 0) is 6.54 Å². The lowest BCUT2D eigenvalue weighted by molar-refractivity contribution is 0.0816. The van der Waals surface area contributed by atoms with Crippen LogP contribution in [0.25, 0.3) is 0 Å². The number of carbonyl (C=O) groups excluding carboxylic acids is 1. The van der Waals surface area contributed by atoms with Crippen molar-refractivity contribution in [3.63, 3.8) is 0 Å². The highest BCUT2D eigenvalue weighted by Gasteiger charge is 2.24. The summed E-state index contributed by atoms with van der Waals surface area (Å²) < 4.78 is 0. The van der Waals surface area contributed by atoms with Gasteiger partial charge in [0, 0.05) is 19.2 Å². The standard InChI is InChI=1S/C12H15NO/c1-8(2)9-4-5-10-7-13(3)12(14)11(10)6-9/h4-6,8H,7H2,1-3H3. The molecule has 0 atom stereocenters. The molecule has 0 bridgehead atoms. The fourth-order valence-corrected chi connectivity index (χ4v) is 1.82. The molecule has 2 rings (SSSR count). The van der Waals surface area contributed by atoms with Crippen LogP contribution in [0.4, 0.5) is 0 Å². The Hall–Kier alpha value is -1.31. The minimum Gasteiger partial charge on any atom is -0.337 e. The van der Waals surface area contributed by atoms with E-state index in [1.165, 1.54) is 5.56 Å². The molecule has 2 heteroatoms. The van der Waals surface area contributed by atoms with E-state index in [2.05, 4.69) is 26.0 Å². The highest BCUT2D eigenvalue weighted by atomic mass is 16.2. The molecule has 14 heavy (non-hydrogen) atoms. The molecule has 0 saturated heterocycles. The van der Waals surface area contributed by atoms with Gasteiger partial charge < -0.3 is 4.90 Å². The van der Waals surface area contributed by atoms with Gasteiger partial charge in [-0.2, -0.15) is 0 Å². The molecule has 0 N–H and O–H groups in total. The number of benzene rings is 1. The number of rotatable bonds is 1. The smallest absolute Gasteiger partial charge is 0.254 e. The van der Waals surface area contributed by atoms with Crippen molar-refractivity contribution in [1.82, 2.24) is 4.90 Å². The van der Waals surface area contributed by atoms with Crippen molar-refractivity contribution in [2.45, 2.75) is 26.3 Å². The van der Waals surface area contributed by atoms with Crippen LogP contribution in [0.3, 0.4) is 0 Å². The van der Waals surface area contributed by atoms with Crippen LogP contribution in [0.1, 0.15) is 41.3 Å². The Labute approximate surface area is 84.5 Å². The molecular formula is C12H15NO. The minimum atomic E-state index is 0.155. The molecule has 0 aliphatic carbocycles. The second-order valence-electron chi connectivity index (χ2n) is 4.23. The number of hydrogen-bond acceptors (Lipinski definition) is 1. The normalized spacial score (nSPS) is 15.1. The molecule has 1 aromatic rings. The van der Waals surface area contributed by atoms with Crippen LogP contribution in [0.2, 0.25) is 0 Å². The lowest BCUT2D eigenvalue weighted by atomic mass is 9.98. The number of carbonyl (C=O) groups is 1. The SMILES string of the molecule is CC(C)c1ccc2c(c1)C(=O)N(C)C2.